The second-order valence-corrected chi connectivity index (χ2v) is 8.78. The molecule has 21 heavy (non-hydrogen) atoms. The summed E-state index contributed by atoms with van der Waals surface area (Å²) in [5, 5.41) is 0. The second-order valence-electron chi connectivity index (χ2n) is 5.39. The minimum atomic E-state index is -3.55. The van der Waals surface area contributed by atoms with Crippen LogP contribution in [0.4, 0.5) is 0 Å². The molecule has 1 fully saturated rings. The van der Waals surface area contributed by atoms with E-state index in [1.54, 1.807) is 12.1 Å². The summed E-state index contributed by atoms with van der Waals surface area (Å²) in [6, 6.07) is 3.34. The fraction of sp³-hybridized carbons (Fsp3) is 0.571. The van der Waals surface area contributed by atoms with Gasteiger partial charge in [-0.15, -0.1) is 0 Å². The van der Waals surface area contributed by atoms with Crippen molar-refractivity contribution in [1.82, 2.24) is 4.72 Å². The van der Waals surface area contributed by atoms with Crippen LogP contribution in [-0.4, -0.2) is 27.7 Å². The molecule has 1 heterocycles. The minimum Gasteiger partial charge on any atom is -0.381 e. The average Bonchev–Trinajstić information content (AvgIpc) is 2.43. The van der Waals surface area contributed by atoms with Gasteiger partial charge in [-0.3, -0.25) is 0 Å². The first-order valence-electron chi connectivity index (χ1n) is 6.87. The van der Waals surface area contributed by atoms with Gasteiger partial charge in [0, 0.05) is 28.2 Å². The van der Waals surface area contributed by atoms with Gasteiger partial charge in [-0.2, -0.15) is 0 Å². The van der Waals surface area contributed by atoms with E-state index in [4.69, 9.17) is 4.74 Å². The van der Waals surface area contributed by atoms with E-state index in [9.17, 15) is 8.42 Å². The van der Waals surface area contributed by atoms with Gasteiger partial charge >= 0.3 is 0 Å². The molecular formula is C14H19Br2NO3S. The van der Waals surface area contributed by atoms with Crippen molar-refractivity contribution in [3.05, 3.63) is 26.6 Å². The van der Waals surface area contributed by atoms with Crippen LogP contribution in [0.15, 0.2) is 26.0 Å². The molecule has 0 aliphatic carbocycles. The van der Waals surface area contributed by atoms with Crippen molar-refractivity contribution in [2.45, 2.75) is 37.6 Å². The lowest BCUT2D eigenvalue weighted by atomic mass is 9.94. The minimum absolute atomic E-state index is 0.106. The van der Waals surface area contributed by atoms with E-state index < -0.39 is 10.0 Å². The molecule has 0 aromatic heterocycles. The third kappa shape index (κ3) is 4.28. The Bertz CT molecular complexity index is 613. The summed E-state index contributed by atoms with van der Waals surface area (Å²) >= 11 is 6.73. The number of halogens is 2. The number of ether oxygens (including phenoxy) is 1. The molecule has 1 atom stereocenters. The Hall–Kier alpha value is 0.0500. The predicted molar refractivity (Wildman–Crippen MR) is 89.9 cm³/mol. The highest BCUT2D eigenvalue weighted by atomic mass is 79.9. The van der Waals surface area contributed by atoms with Gasteiger partial charge in [-0.05, 0) is 66.2 Å². The van der Waals surface area contributed by atoms with E-state index in [0.717, 1.165) is 22.9 Å². The lowest BCUT2D eigenvalue weighted by Gasteiger charge is -2.28. The number of sulfonamides is 1. The van der Waals surface area contributed by atoms with Gasteiger partial charge in [-0.1, -0.05) is 15.9 Å². The van der Waals surface area contributed by atoms with Gasteiger partial charge in [0.25, 0.3) is 0 Å². The first-order chi connectivity index (χ1) is 9.81. The molecule has 0 amide bonds. The first-order valence-corrected chi connectivity index (χ1v) is 9.94. The zero-order chi connectivity index (χ0) is 15.6. The fourth-order valence-corrected chi connectivity index (χ4v) is 5.44. The van der Waals surface area contributed by atoms with Crippen LogP contribution < -0.4 is 4.72 Å². The van der Waals surface area contributed by atoms with Gasteiger partial charge in [-0.25, -0.2) is 13.1 Å². The van der Waals surface area contributed by atoms with Crippen LogP contribution in [0.1, 0.15) is 25.3 Å². The van der Waals surface area contributed by atoms with E-state index in [-0.39, 0.29) is 10.9 Å². The average molecular weight is 441 g/mol. The Labute approximate surface area is 143 Å². The summed E-state index contributed by atoms with van der Waals surface area (Å²) in [6.45, 7) is 5.25. The topological polar surface area (TPSA) is 55.4 Å². The van der Waals surface area contributed by atoms with E-state index >= 15 is 0 Å². The standard InChI is InChI=1S/C14H19Br2NO3S/c1-9-7-13(16)14(8-12(9)15)21(18,19)17-10(2)11-3-5-20-6-4-11/h7-8,10-11,17H,3-6H2,1-2H3. The Balaban J connectivity index is 2.20. The molecule has 0 radical (unpaired) electrons. The van der Waals surface area contributed by atoms with Crippen molar-refractivity contribution in [2.75, 3.05) is 13.2 Å². The molecular weight excluding hydrogens is 422 g/mol. The van der Waals surface area contributed by atoms with Crippen LogP contribution in [0.25, 0.3) is 0 Å². The molecule has 1 N–H and O–H groups in total. The zero-order valence-electron chi connectivity index (χ0n) is 12.0. The summed E-state index contributed by atoms with van der Waals surface area (Å²) in [5.41, 5.74) is 0.985. The predicted octanol–water partition coefficient (Wildman–Crippen LogP) is 3.61. The highest BCUT2D eigenvalue weighted by molar-refractivity contribution is 9.11. The maximum Gasteiger partial charge on any atom is 0.241 e. The van der Waals surface area contributed by atoms with E-state index in [2.05, 4.69) is 36.6 Å². The van der Waals surface area contributed by atoms with Gasteiger partial charge in [0.15, 0.2) is 0 Å². The van der Waals surface area contributed by atoms with Crippen LogP contribution in [0.3, 0.4) is 0 Å². The Morgan fingerprint density at radius 3 is 2.48 bits per heavy atom. The van der Waals surface area contributed by atoms with Crippen molar-refractivity contribution in [2.24, 2.45) is 5.92 Å². The molecule has 1 saturated heterocycles. The van der Waals surface area contributed by atoms with Crippen LogP contribution in [-0.2, 0) is 14.8 Å². The van der Waals surface area contributed by atoms with Crippen molar-refractivity contribution in [3.63, 3.8) is 0 Å². The number of aryl methyl sites for hydroxylation is 1. The molecule has 2 rings (SSSR count). The van der Waals surface area contributed by atoms with Gasteiger partial charge < -0.3 is 4.74 Å². The lowest BCUT2D eigenvalue weighted by Crippen LogP contribution is -2.40. The van der Waals surface area contributed by atoms with Crippen LogP contribution in [0.2, 0.25) is 0 Å². The van der Waals surface area contributed by atoms with Crippen molar-refractivity contribution in [1.29, 1.82) is 0 Å². The maximum atomic E-state index is 12.6. The Kier molecular flexibility index (Phi) is 5.87. The lowest BCUT2D eigenvalue weighted by molar-refractivity contribution is 0.0585. The SMILES string of the molecule is Cc1cc(Br)c(S(=O)(=O)NC(C)C2CCOCC2)cc1Br. The third-order valence-corrected chi connectivity index (χ3v) is 7.19. The summed E-state index contributed by atoms with van der Waals surface area (Å²) in [5.74, 6) is 0.321. The molecule has 1 aliphatic heterocycles. The van der Waals surface area contributed by atoms with E-state index in [1.807, 2.05) is 13.8 Å². The number of hydrogen-bond acceptors (Lipinski definition) is 3. The highest BCUT2D eigenvalue weighted by Gasteiger charge is 2.27. The van der Waals surface area contributed by atoms with Crippen LogP contribution in [0.5, 0.6) is 0 Å². The molecule has 118 valence electrons. The van der Waals surface area contributed by atoms with Crippen molar-refractivity contribution in [3.8, 4) is 0 Å². The van der Waals surface area contributed by atoms with Crippen molar-refractivity contribution >= 4 is 41.9 Å². The second kappa shape index (κ2) is 7.08. The van der Waals surface area contributed by atoms with Crippen molar-refractivity contribution < 1.29 is 13.2 Å². The molecule has 7 heteroatoms. The highest BCUT2D eigenvalue weighted by Crippen LogP contribution is 2.29. The number of rotatable bonds is 4. The fourth-order valence-electron chi connectivity index (χ4n) is 2.45. The maximum absolute atomic E-state index is 12.6. The molecule has 1 aromatic carbocycles. The van der Waals surface area contributed by atoms with Gasteiger partial charge in [0.1, 0.15) is 0 Å². The van der Waals surface area contributed by atoms with E-state index in [1.165, 1.54) is 0 Å². The van der Waals surface area contributed by atoms with E-state index in [0.29, 0.717) is 23.6 Å². The molecule has 0 spiro atoms. The summed E-state index contributed by atoms with van der Waals surface area (Å²) in [4.78, 5) is 0.263. The summed E-state index contributed by atoms with van der Waals surface area (Å²) in [7, 11) is -3.55. The molecule has 4 nitrogen and oxygen atoms in total. The molecule has 0 saturated carbocycles. The monoisotopic (exact) mass is 439 g/mol. The number of nitrogens with one attached hydrogen (secondary N) is 1. The largest absolute Gasteiger partial charge is 0.381 e. The Morgan fingerprint density at radius 2 is 1.86 bits per heavy atom. The normalized spacial score (nSPS) is 18.7. The molecule has 1 unspecified atom stereocenters. The summed E-state index contributed by atoms with van der Waals surface area (Å²) in [6.07, 6.45) is 1.78. The summed E-state index contributed by atoms with van der Waals surface area (Å²) < 4.78 is 34.6. The molecule has 1 aliphatic rings. The molecule has 1 aromatic rings. The smallest absolute Gasteiger partial charge is 0.241 e. The number of hydrogen-bond donors (Lipinski definition) is 1. The first kappa shape index (κ1) is 17.4. The number of benzene rings is 1. The zero-order valence-corrected chi connectivity index (χ0v) is 16.0. The van der Waals surface area contributed by atoms with Gasteiger partial charge in [0.05, 0.1) is 4.90 Å². The third-order valence-electron chi connectivity index (χ3n) is 3.82. The van der Waals surface area contributed by atoms with Gasteiger partial charge in [0.2, 0.25) is 10.0 Å². The van der Waals surface area contributed by atoms with Crippen LogP contribution in [0, 0.1) is 12.8 Å². The quantitative estimate of drug-likeness (QED) is 0.777. The Morgan fingerprint density at radius 1 is 1.24 bits per heavy atom. The van der Waals surface area contributed by atoms with Crippen LogP contribution >= 0.6 is 31.9 Å². The molecule has 0 bridgehead atoms.